The normalized spacial score (nSPS) is 25.1. The number of hydrogen-bond donors (Lipinski definition) is 1. The molecule has 0 radical (unpaired) electrons. The maximum Gasteiger partial charge on any atom is 0.226 e. The quantitative estimate of drug-likeness (QED) is 0.378. The van der Waals surface area contributed by atoms with Gasteiger partial charge in [0.2, 0.25) is 11.8 Å². The number of hydrogen-bond acceptors (Lipinski definition) is 3. The molecule has 4 atom stereocenters. The van der Waals surface area contributed by atoms with Crippen molar-refractivity contribution in [3.63, 3.8) is 0 Å². The summed E-state index contributed by atoms with van der Waals surface area (Å²) in [6.45, 7) is 13.2. The van der Waals surface area contributed by atoms with Crippen LogP contribution in [-0.2, 0) is 15.0 Å². The molecule has 1 saturated heterocycles. The number of rotatable bonds is 6. The number of likely N-dealkylation sites (tertiary alicyclic amines) is 1. The van der Waals surface area contributed by atoms with Gasteiger partial charge in [0.15, 0.2) is 0 Å². The highest BCUT2D eigenvalue weighted by Crippen LogP contribution is 2.56. The van der Waals surface area contributed by atoms with E-state index in [0.717, 1.165) is 35.9 Å². The van der Waals surface area contributed by atoms with E-state index in [1.54, 1.807) is 6.92 Å². The van der Waals surface area contributed by atoms with Gasteiger partial charge < -0.3 is 15.1 Å². The van der Waals surface area contributed by atoms with Crippen LogP contribution in [-0.4, -0.2) is 59.4 Å². The van der Waals surface area contributed by atoms with E-state index in [4.69, 9.17) is 11.6 Å². The highest BCUT2D eigenvalue weighted by Gasteiger charge is 2.52. The van der Waals surface area contributed by atoms with Crippen LogP contribution < -0.4 is 5.32 Å². The first-order valence-corrected chi connectivity index (χ1v) is 16.1. The van der Waals surface area contributed by atoms with Crippen LogP contribution in [0.4, 0.5) is 8.78 Å². The Kier molecular flexibility index (Phi) is 8.73. The molecule has 3 aliphatic rings. The summed E-state index contributed by atoms with van der Waals surface area (Å²) in [6, 6.07) is 8.49. The van der Waals surface area contributed by atoms with Crippen molar-refractivity contribution < 1.29 is 18.4 Å². The Hall–Kier alpha value is -2.51. The van der Waals surface area contributed by atoms with Crippen LogP contribution in [0.15, 0.2) is 30.3 Å². The third-order valence-corrected chi connectivity index (χ3v) is 11.3. The lowest BCUT2D eigenvalue weighted by Gasteiger charge is -2.42. The maximum atomic E-state index is 15.1. The van der Waals surface area contributed by atoms with E-state index >= 15 is 4.39 Å². The maximum absolute atomic E-state index is 15.1. The van der Waals surface area contributed by atoms with Gasteiger partial charge in [0.1, 0.15) is 11.6 Å². The van der Waals surface area contributed by atoms with Gasteiger partial charge in [-0.05, 0) is 119 Å². The minimum Gasteiger partial charge on any atom is -0.351 e. The van der Waals surface area contributed by atoms with E-state index in [2.05, 4.69) is 57.1 Å². The van der Waals surface area contributed by atoms with Crippen LogP contribution >= 0.6 is 11.6 Å². The summed E-state index contributed by atoms with van der Waals surface area (Å²) in [4.78, 5) is 30.6. The lowest BCUT2D eigenvalue weighted by molar-refractivity contribution is -0.137. The summed E-state index contributed by atoms with van der Waals surface area (Å²) >= 11 is 6.67. The predicted molar refractivity (Wildman–Crippen MR) is 167 cm³/mol. The Labute approximate surface area is 260 Å². The molecule has 2 fully saturated rings. The van der Waals surface area contributed by atoms with Gasteiger partial charge in [-0.2, -0.15) is 0 Å². The van der Waals surface area contributed by atoms with Crippen molar-refractivity contribution in [3.8, 4) is 0 Å². The molecule has 2 aromatic carbocycles. The summed E-state index contributed by atoms with van der Waals surface area (Å²) in [7, 11) is 2.06. The Morgan fingerprint density at radius 1 is 1.09 bits per heavy atom. The first-order chi connectivity index (χ1) is 20.1. The topological polar surface area (TPSA) is 52.7 Å². The zero-order chi connectivity index (χ0) is 31.4. The van der Waals surface area contributed by atoms with Crippen LogP contribution in [0, 0.1) is 24.5 Å². The molecule has 2 aliphatic carbocycles. The fourth-order valence-electron chi connectivity index (χ4n) is 8.29. The number of aryl methyl sites for hydroxylation is 1. The Morgan fingerprint density at radius 3 is 2.37 bits per heavy atom. The summed E-state index contributed by atoms with van der Waals surface area (Å²) in [5, 5.41) is 3.92. The number of halogens is 3. The van der Waals surface area contributed by atoms with Gasteiger partial charge in [-0.25, -0.2) is 8.78 Å². The van der Waals surface area contributed by atoms with E-state index in [9.17, 15) is 14.0 Å². The second kappa shape index (κ2) is 11.8. The average molecular weight is 614 g/mol. The number of benzene rings is 2. The second-order valence-electron chi connectivity index (χ2n) is 14.2. The number of fused-ring (bicyclic) bond motifs is 2. The van der Waals surface area contributed by atoms with E-state index in [0.29, 0.717) is 37.5 Å². The SMILES string of the molecule is CC(=O)NC(C)(C)[C@H]1CC2(CCN(C(=O)[C@@H]3CC(N(C)C(C)C)C[C@H]3c3ccc(F)cc3F)CC2)c2cc(Cl)c(C)cc21. The molecule has 0 bridgehead atoms. The monoisotopic (exact) mass is 613 g/mol. The third-order valence-electron chi connectivity index (χ3n) is 10.9. The van der Waals surface area contributed by atoms with Crippen LogP contribution in [0.1, 0.15) is 101 Å². The van der Waals surface area contributed by atoms with Crippen molar-refractivity contribution in [1.29, 1.82) is 0 Å². The molecule has 5 nitrogen and oxygen atoms in total. The molecule has 0 aromatic heterocycles. The standard InChI is InChI=1S/C35H46ClF2N3O2/c1-20(2)40(7)24-16-26(25-9-8-23(37)15-32(25)38)27(17-24)33(43)41-12-10-35(11-13-41)19-30(34(5,6)39-22(4)42)28-14-21(3)31(36)18-29(28)35/h8-9,14-15,18,20,24,26-27,30H,10-13,16-17,19H2,1-7H3,(H,39,42)/t24?,26-,27+,30-/m0/s1. The van der Waals surface area contributed by atoms with E-state index in [1.807, 2.05) is 11.8 Å². The number of carbonyl (C=O) groups is 2. The lowest BCUT2D eigenvalue weighted by Crippen LogP contribution is -2.49. The summed E-state index contributed by atoms with van der Waals surface area (Å²) in [6.07, 6.45) is 3.80. The Balaban J connectivity index is 1.40. The van der Waals surface area contributed by atoms with Gasteiger partial charge in [0.25, 0.3) is 0 Å². The molecule has 1 unspecified atom stereocenters. The summed E-state index contributed by atoms with van der Waals surface area (Å²) in [5.74, 6) is -1.70. The number of carbonyl (C=O) groups excluding carboxylic acids is 2. The molecule has 1 spiro atoms. The Bertz CT molecular complexity index is 1400. The molecule has 1 saturated carbocycles. The zero-order valence-electron chi connectivity index (χ0n) is 26.6. The minimum atomic E-state index is -0.605. The molecular weight excluding hydrogens is 568 g/mol. The van der Waals surface area contributed by atoms with Gasteiger partial charge in [-0.1, -0.05) is 23.7 Å². The van der Waals surface area contributed by atoms with Crippen LogP contribution in [0.25, 0.3) is 0 Å². The van der Waals surface area contributed by atoms with E-state index in [1.165, 1.54) is 23.3 Å². The molecular formula is C35H46ClF2N3O2. The first-order valence-electron chi connectivity index (χ1n) is 15.7. The largest absolute Gasteiger partial charge is 0.351 e. The first kappa shape index (κ1) is 31.9. The van der Waals surface area contributed by atoms with Crippen molar-refractivity contribution in [2.45, 2.75) is 109 Å². The number of nitrogens with one attached hydrogen (secondary N) is 1. The highest BCUT2D eigenvalue weighted by molar-refractivity contribution is 6.31. The van der Waals surface area contributed by atoms with Crippen LogP contribution in [0.2, 0.25) is 5.02 Å². The smallest absolute Gasteiger partial charge is 0.226 e. The van der Waals surface area contributed by atoms with Gasteiger partial charge in [0.05, 0.1) is 0 Å². The number of piperidine rings is 1. The average Bonchev–Trinajstić information content (AvgIpc) is 3.49. The zero-order valence-corrected chi connectivity index (χ0v) is 27.3. The van der Waals surface area contributed by atoms with Crippen LogP contribution in [0.5, 0.6) is 0 Å². The molecule has 1 N–H and O–H groups in total. The van der Waals surface area contributed by atoms with Crippen molar-refractivity contribution >= 4 is 23.4 Å². The molecule has 2 amide bonds. The van der Waals surface area contributed by atoms with Crippen molar-refractivity contribution in [2.24, 2.45) is 5.92 Å². The molecule has 43 heavy (non-hydrogen) atoms. The van der Waals surface area contributed by atoms with Crippen molar-refractivity contribution in [2.75, 3.05) is 20.1 Å². The summed E-state index contributed by atoms with van der Waals surface area (Å²) in [5.41, 5.74) is 3.36. The van der Waals surface area contributed by atoms with Gasteiger partial charge in [-0.3, -0.25) is 9.59 Å². The van der Waals surface area contributed by atoms with Gasteiger partial charge in [0, 0.05) is 60.6 Å². The van der Waals surface area contributed by atoms with Gasteiger partial charge in [-0.15, -0.1) is 0 Å². The molecule has 1 heterocycles. The van der Waals surface area contributed by atoms with Crippen molar-refractivity contribution in [1.82, 2.24) is 15.1 Å². The van der Waals surface area contributed by atoms with Gasteiger partial charge >= 0.3 is 0 Å². The molecule has 2 aromatic rings. The van der Waals surface area contributed by atoms with E-state index in [-0.39, 0.29) is 41.0 Å². The fraction of sp³-hybridized carbons (Fsp3) is 0.600. The van der Waals surface area contributed by atoms with Crippen LogP contribution in [0.3, 0.4) is 0 Å². The molecule has 8 heteroatoms. The third kappa shape index (κ3) is 5.96. The predicted octanol–water partition coefficient (Wildman–Crippen LogP) is 7.09. The minimum absolute atomic E-state index is 0.0521. The molecule has 1 aliphatic heterocycles. The number of nitrogens with zero attached hydrogens (tertiary/aromatic N) is 2. The number of amides is 2. The molecule has 5 rings (SSSR count). The highest BCUT2D eigenvalue weighted by atomic mass is 35.5. The summed E-state index contributed by atoms with van der Waals surface area (Å²) < 4.78 is 28.9. The van der Waals surface area contributed by atoms with E-state index < -0.39 is 17.2 Å². The molecule has 234 valence electrons. The second-order valence-corrected chi connectivity index (χ2v) is 14.6. The lowest BCUT2D eigenvalue weighted by atomic mass is 9.71. The Morgan fingerprint density at radius 2 is 1.77 bits per heavy atom. The van der Waals surface area contributed by atoms with Crippen molar-refractivity contribution in [3.05, 3.63) is 69.2 Å². The fourth-order valence-corrected chi connectivity index (χ4v) is 8.46.